The van der Waals surface area contributed by atoms with Crippen LogP contribution in [0.2, 0.25) is 0 Å². The first-order chi connectivity index (χ1) is 14.2. The average molecular weight is 407 g/mol. The molecule has 29 heavy (non-hydrogen) atoms. The number of nitrogens with zero attached hydrogens (tertiary/aromatic N) is 1. The smallest absolute Gasteiger partial charge is 0.227 e. The lowest BCUT2D eigenvalue weighted by Crippen LogP contribution is -2.35. The maximum atomic E-state index is 13.0. The van der Waals surface area contributed by atoms with Crippen molar-refractivity contribution in [2.24, 2.45) is 5.92 Å². The Kier molecular flexibility index (Phi) is 5.62. The minimum Gasteiger partial charge on any atom is -0.497 e. The highest BCUT2D eigenvalue weighted by Gasteiger charge is 2.36. The van der Waals surface area contributed by atoms with Gasteiger partial charge < -0.3 is 15.0 Å². The van der Waals surface area contributed by atoms with Crippen molar-refractivity contribution in [2.75, 3.05) is 18.6 Å². The summed E-state index contributed by atoms with van der Waals surface area (Å²) in [4.78, 5) is 28.3. The van der Waals surface area contributed by atoms with Crippen molar-refractivity contribution in [2.45, 2.75) is 12.5 Å². The monoisotopic (exact) mass is 406 g/mol. The number of nitrogens with one attached hydrogen (secondary N) is 1. The number of carbonyl (C=O) groups is 2. The summed E-state index contributed by atoms with van der Waals surface area (Å²) in [5.74, 6) is 0.214. The summed E-state index contributed by atoms with van der Waals surface area (Å²) in [6.07, 6.45) is 0.212. The summed E-state index contributed by atoms with van der Waals surface area (Å²) in [7, 11) is 1.60. The first-order valence-electron chi connectivity index (χ1n) is 9.49. The molecule has 1 aromatic heterocycles. The second kappa shape index (κ2) is 8.49. The molecule has 0 spiro atoms. The predicted octanol–water partition coefficient (Wildman–Crippen LogP) is 4.02. The van der Waals surface area contributed by atoms with Crippen LogP contribution in [0.25, 0.3) is 0 Å². The lowest BCUT2D eigenvalue weighted by molar-refractivity contribution is -0.126. The molecule has 1 aliphatic heterocycles. The zero-order chi connectivity index (χ0) is 20.2. The zero-order valence-corrected chi connectivity index (χ0v) is 16.9. The number of hydrogen-bond acceptors (Lipinski definition) is 4. The summed E-state index contributed by atoms with van der Waals surface area (Å²) in [6.45, 7) is 0.378. The molecule has 0 radical (unpaired) electrons. The van der Waals surface area contributed by atoms with E-state index in [0.29, 0.717) is 6.54 Å². The third-order valence-corrected chi connectivity index (χ3v) is 6.06. The van der Waals surface area contributed by atoms with Gasteiger partial charge in [0.2, 0.25) is 11.8 Å². The first-order valence-corrected chi connectivity index (χ1v) is 10.4. The Morgan fingerprint density at radius 2 is 1.86 bits per heavy atom. The van der Waals surface area contributed by atoms with Gasteiger partial charge in [0.05, 0.1) is 19.1 Å². The number of anilines is 1. The van der Waals surface area contributed by atoms with Gasteiger partial charge in [0.1, 0.15) is 5.75 Å². The molecular formula is C23H22N2O3S. The summed E-state index contributed by atoms with van der Waals surface area (Å²) >= 11 is 1.61. The fraction of sp³-hybridized carbons (Fsp3) is 0.217. The highest BCUT2D eigenvalue weighted by atomic mass is 32.1. The number of amides is 2. The lowest BCUT2D eigenvalue weighted by Gasteiger charge is -2.21. The molecule has 1 saturated heterocycles. The van der Waals surface area contributed by atoms with Crippen molar-refractivity contribution < 1.29 is 14.3 Å². The van der Waals surface area contributed by atoms with E-state index >= 15 is 0 Å². The molecule has 3 aromatic rings. The van der Waals surface area contributed by atoms with Gasteiger partial charge in [-0.2, -0.15) is 0 Å². The van der Waals surface area contributed by atoms with Gasteiger partial charge in [-0.25, -0.2) is 0 Å². The van der Waals surface area contributed by atoms with Crippen molar-refractivity contribution >= 4 is 28.8 Å². The van der Waals surface area contributed by atoms with Crippen LogP contribution in [-0.2, 0) is 9.59 Å². The highest BCUT2D eigenvalue weighted by molar-refractivity contribution is 7.10. The quantitative estimate of drug-likeness (QED) is 0.673. The van der Waals surface area contributed by atoms with E-state index in [1.54, 1.807) is 23.3 Å². The van der Waals surface area contributed by atoms with Gasteiger partial charge in [-0.3, -0.25) is 9.59 Å². The number of benzene rings is 2. The van der Waals surface area contributed by atoms with Crippen LogP contribution in [-0.4, -0.2) is 25.5 Å². The van der Waals surface area contributed by atoms with E-state index in [2.05, 4.69) is 5.32 Å². The number of rotatable bonds is 6. The van der Waals surface area contributed by atoms with Crippen LogP contribution < -0.4 is 15.0 Å². The molecule has 2 atom stereocenters. The topological polar surface area (TPSA) is 58.6 Å². The van der Waals surface area contributed by atoms with Crippen molar-refractivity contribution in [1.29, 1.82) is 0 Å². The van der Waals surface area contributed by atoms with E-state index in [0.717, 1.165) is 21.9 Å². The van der Waals surface area contributed by atoms with Gasteiger partial charge in [-0.15, -0.1) is 11.3 Å². The normalized spacial score (nSPS) is 17.2. The fourth-order valence-electron chi connectivity index (χ4n) is 3.57. The van der Waals surface area contributed by atoms with E-state index in [1.165, 1.54) is 0 Å². The van der Waals surface area contributed by atoms with Crippen LogP contribution >= 0.6 is 11.3 Å². The van der Waals surface area contributed by atoms with Crippen LogP contribution in [0, 0.1) is 5.92 Å². The third-order valence-electron chi connectivity index (χ3n) is 5.13. The molecule has 5 nitrogen and oxygen atoms in total. The minimum absolute atomic E-state index is 0.0392. The lowest BCUT2D eigenvalue weighted by atomic mass is 10.0. The van der Waals surface area contributed by atoms with Gasteiger partial charge in [0.15, 0.2) is 0 Å². The molecule has 6 heteroatoms. The second-order valence-corrected chi connectivity index (χ2v) is 7.95. The largest absolute Gasteiger partial charge is 0.497 e. The number of ether oxygens (including phenoxy) is 1. The van der Waals surface area contributed by atoms with Crippen LogP contribution in [0.15, 0.2) is 72.1 Å². The Balaban J connectivity index is 1.49. The number of methoxy groups -OCH3 is 1. The van der Waals surface area contributed by atoms with E-state index in [9.17, 15) is 9.59 Å². The van der Waals surface area contributed by atoms with Crippen LogP contribution in [0.1, 0.15) is 22.9 Å². The molecule has 148 valence electrons. The molecule has 4 rings (SSSR count). The minimum atomic E-state index is -0.379. The molecule has 0 bridgehead atoms. The van der Waals surface area contributed by atoms with Gasteiger partial charge in [0.25, 0.3) is 0 Å². The van der Waals surface area contributed by atoms with Gasteiger partial charge in [-0.1, -0.05) is 36.4 Å². The van der Waals surface area contributed by atoms with Crippen LogP contribution in [0.3, 0.4) is 0 Å². The van der Waals surface area contributed by atoms with Crippen molar-refractivity contribution in [3.8, 4) is 5.75 Å². The van der Waals surface area contributed by atoms with Gasteiger partial charge >= 0.3 is 0 Å². The molecule has 0 aliphatic carbocycles. The van der Waals surface area contributed by atoms with E-state index in [1.807, 2.05) is 72.1 Å². The first kappa shape index (κ1) is 19.2. The molecule has 2 heterocycles. The number of thiophene rings is 1. The zero-order valence-electron chi connectivity index (χ0n) is 16.1. The molecule has 1 N–H and O–H groups in total. The Labute approximate surface area is 173 Å². The van der Waals surface area contributed by atoms with Gasteiger partial charge in [0, 0.05) is 23.5 Å². The Hall–Kier alpha value is -3.12. The molecule has 0 saturated carbocycles. The van der Waals surface area contributed by atoms with Crippen LogP contribution in [0.4, 0.5) is 5.69 Å². The molecule has 1 fully saturated rings. The molecule has 1 aliphatic rings. The van der Waals surface area contributed by atoms with Crippen molar-refractivity contribution in [3.63, 3.8) is 0 Å². The average Bonchev–Trinajstić information content (AvgIpc) is 3.42. The van der Waals surface area contributed by atoms with E-state index < -0.39 is 0 Å². The number of carbonyl (C=O) groups excluding carboxylic acids is 2. The SMILES string of the molecule is COc1ccc(N2CC(C(=O)NC(c3ccccc3)c3cccs3)CC2=O)cc1. The maximum absolute atomic E-state index is 13.0. The Bertz CT molecular complexity index is 971. The van der Waals surface area contributed by atoms with Crippen molar-refractivity contribution in [1.82, 2.24) is 5.32 Å². The number of hydrogen-bond donors (Lipinski definition) is 1. The highest BCUT2D eigenvalue weighted by Crippen LogP contribution is 2.30. The summed E-state index contributed by atoms with van der Waals surface area (Å²) in [5, 5.41) is 5.16. The Morgan fingerprint density at radius 1 is 1.10 bits per heavy atom. The fourth-order valence-corrected chi connectivity index (χ4v) is 4.38. The third kappa shape index (κ3) is 4.17. The molecule has 2 unspecified atom stereocenters. The standard InChI is InChI=1S/C23H22N2O3S/c1-28-19-11-9-18(10-12-19)25-15-17(14-21(25)26)23(27)24-22(20-8-5-13-29-20)16-6-3-2-4-7-16/h2-13,17,22H,14-15H2,1H3,(H,24,27). The van der Waals surface area contributed by atoms with E-state index in [4.69, 9.17) is 4.74 Å². The molecule has 2 aromatic carbocycles. The molecular weight excluding hydrogens is 384 g/mol. The summed E-state index contributed by atoms with van der Waals surface area (Å²) in [5.41, 5.74) is 1.81. The maximum Gasteiger partial charge on any atom is 0.227 e. The summed E-state index contributed by atoms with van der Waals surface area (Å²) in [6, 6.07) is 21.0. The van der Waals surface area contributed by atoms with Gasteiger partial charge in [-0.05, 0) is 41.3 Å². The molecule has 2 amide bonds. The predicted molar refractivity (Wildman–Crippen MR) is 114 cm³/mol. The van der Waals surface area contributed by atoms with E-state index in [-0.39, 0.29) is 30.2 Å². The van der Waals surface area contributed by atoms with Crippen LogP contribution in [0.5, 0.6) is 5.75 Å². The van der Waals surface area contributed by atoms with Crippen molar-refractivity contribution in [3.05, 3.63) is 82.6 Å². The summed E-state index contributed by atoms with van der Waals surface area (Å²) < 4.78 is 5.17. The second-order valence-electron chi connectivity index (χ2n) is 6.97. The Morgan fingerprint density at radius 3 is 2.52 bits per heavy atom.